The molecule has 4 N–H and O–H groups in total. The van der Waals surface area contributed by atoms with Crippen LogP contribution in [0.2, 0.25) is 5.28 Å². The average molecular weight is 782 g/mol. The zero-order chi connectivity index (χ0) is 35.0. The fourth-order valence-corrected chi connectivity index (χ4v) is 5.75. The molecule has 0 aliphatic carbocycles. The largest absolute Gasteiger partial charge is 1.00 e. The van der Waals surface area contributed by atoms with Crippen LogP contribution in [0.5, 0.6) is 5.88 Å². The second-order valence-corrected chi connectivity index (χ2v) is 14.0. The summed E-state index contributed by atoms with van der Waals surface area (Å²) >= 11 is 6.02. The van der Waals surface area contributed by atoms with Gasteiger partial charge in [-0.25, -0.2) is 13.1 Å². The first-order valence-corrected chi connectivity index (χ1v) is 17.4. The third-order valence-corrected chi connectivity index (χ3v) is 8.87. The van der Waals surface area contributed by atoms with Crippen molar-refractivity contribution in [2.75, 3.05) is 10.6 Å². The molecule has 0 spiro atoms. The van der Waals surface area contributed by atoms with E-state index >= 15 is 0 Å². The summed E-state index contributed by atoms with van der Waals surface area (Å²) in [4.78, 5) is 10.3. The van der Waals surface area contributed by atoms with Crippen molar-refractivity contribution < 1.29 is 103 Å². The van der Waals surface area contributed by atoms with E-state index in [1.165, 1.54) is 37.3 Å². The predicted molar refractivity (Wildman–Crippen MR) is 164 cm³/mol. The first-order valence-electron chi connectivity index (χ1n) is 12.8. The third-order valence-electron chi connectivity index (χ3n) is 6.10. The number of anilines is 4. The van der Waals surface area contributed by atoms with E-state index in [0.717, 1.165) is 41.1 Å². The minimum atomic E-state index is -4.85. The number of nitrogens with one attached hydrogen (secondary N) is 2. The molecule has 5 aromatic rings. The summed E-state index contributed by atoms with van der Waals surface area (Å²) in [6.45, 7) is 1.40. The van der Waals surface area contributed by atoms with Gasteiger partial charge in [0.2, 0.25) is 17.2 Å². The predicted octanol–water partition coefficient (Wildman–Crippen LogP) is -2.60. The SMILES string of the molecule is Cc1nn(-c2ccc(S(=O)(=O)[O-])cc2)c([O-])c1N=Nc1cc(Nc2nc(Cl)nc(Nc3cccc(S(=O)(=O)O)c3)n2)ccc1S(=O)(=O)O.[Na+].[Na+]. The van der Waals surface area contributed by atoms with E-state index in [0.29, 0.717) is 0 Å². The summed E-state index contributed by atoms with van der Waals surface area (Å²) in [5.74, 6) is -1.15. The molecular weight excluding hydrogens is 764 g/mol. The van der Waals surface area contributed by atoms with Gasteiger partial charge in [-0.15, -0.1) is 10.2 Å². The third kappa shape index (κ3) is 10.0. The molecule has 0 atom stereocenters. The van der Waals surface area contributed by atoms with Gasteiger partial charge >= 0.3 is 59.1 Å². The Morgan fingerprint density at radius 2 is 1.38 bits per heavy atom. The number of azo groups is 1. The number of hydrogen-bond acceptors (Lipinski definition) is 16. The Bertz CT molecular complexity index is 2430. The zero-order valence-corrected chi connectivity index (χ0v) is 32.9. The molecule has 0 unspecified atom stereocenters. The van der Waals surface area contributed by atoms with Crippen molar-refractivity contribution in [2.45, 2.75) is 21.6 Å². The van der Waals surface area contributed by atoms with E-state index in [-0.39, 0.29) is 105 Å². The molecule has 2 heterocycles. The van der Waals surface area contributed by atoms with E-state index < -0.39 is 56.6 Å². The van der Waals surface area contributed by atoms with E-state index in [9.17, 15) is 44.0 Å². The van der Waals surface area contributed by atoms with Crippen LogP contribution in [0.15, 0.2) is 91.6 Å². The van der Waals surface area contributed by atoms with Gasteiger partial charge < -0.3 is 20.3 Å². The maximum Gasteiger partial charge on any atom is 1.00 e. The van der Waals surface area contributed by atoms with Crippen LogP contribution in [0.3, 0.4) is 0 Å². The van der Waals surface area contributed by atoms with E-state index in [1.807, 2.05) is 0 Å². The van der Waals surface area contributed by atoms with Crippen LogP contribution < -0.4 is 74.9 Å². The van der Waals surface area contributed by atoms with Gasteiger partial charge in [-0.05, 0) is 79.2 Å². The summed E-state index contributed by atoms with van der Waals surface area (Å²) in [5, 5.41) is 29.9. The van der Waals surface area contributed by atoms with Crippen molar-refractivity contribution in [3.8, 4) is 11.6 Å². The maximum absolute atomic E-state index is 13.0. The summed E-state index contributed by atoms with van der Waals surface area (Å²) < 4.78 is 101. The number of nitrogens with zero attached hydrogens (tertiary/aromatic N) is 7. The van der Waals surface area contributed by atoms with Gasteiger partial charge in [0.15, 0.2) is 0 Å². The Hall–Kier alpha value is -3.10. The van der Waals surface area contributed by atoms with Gasteiger partial charge in [0, 0.05) is 17.3 Å². The van der Waals surface area contributed by atoms with Gasteiger partial charge in [0.1, 0.15) is 26.4 Å². The van der Waals surface area contributed by atoms with E-state index in [4.69, 9.17) is 11.6 Å². The van der Waals surface area contributed by atoms with Gasteiger partial charge in [-0.2, -0.15) is 36.9 Å². The second-order valence-electron chi connectivity index (χ2n) is 9.46. The molecule has 3 aromatic carbocycles. The standard InChI is InChI=1S/C25H20ClN9O10S3.2Na/c1-13-21(22(36)35(34-13)16-6-8-17(9-7-16)46(37,38)39)33-32-19-12-15(5-10-20(19)48(43,44)45)28-25-30-23(26)29-24(31-25)27-14-3-2-4-18(11-14)47(40,41)42;;/h2-12,36H,1H3,(H,37,38,39)(H,40,41,42)(H,43,44,45)(H2,27,28,29,30,31);;/q;2*+1/p-2. The molecule has 250 valence electrons. The minimum Gasteiger partial charge on any atom is -0.857 e. The summed E-state index contributed by atoms with van der Waals surface area (Å²) in [6.07, 6.45) is 0. The number of hydrogen-bond donors (Lipinski definition) is 4. The molecule has 50 heavy (non-hydrogen) atoms. The Morgan fingerprint density at radius 3 is 1.94 bits per heavy atom. The van der Waals surface area contributed by atoms with Gasteiger partial charge in [-0.1, -0.05) is 6.07 Å². The van der Waals surface area contributed by atoms with Crippen molar-refractivity contribution in [1.29, 1.82) is 0 Å². The first-order chi connectivity index (χ1) is 22.4. The number of benzene rings is 3. The molecular formula is C25H18ClN9Na2O10S3. The molecule has 0 bridgehead atoms. The Balaban J connectivity index is 0.00000338. The van der Waals surface area contributed by atoms with Crippen LogP contribution in [-0.4, -0.2) is 63.6 Å². The molecule has 5 rings (SSSR count). The molecule has 0 amide bonds. The van der Waals surface area contributed by atoms with E-state index in [1.54, 1.807) is 0 Å². The Labute approximate surface area is 333 Å². The van der Waals surface area contributed by atoms with Gasteiger partial charge in [0.05, 0.1) is 21.2 Å². The van der Waals surface area contributed by atoms with Crippen LogP contribution in [0.25, 0.3) is 5.69 Å². The molecule has 25 heteroatoms. The van der Waals surface area contributed by atoms with Crippen molar-refractivity contribution in [3.63, 3.8) is 0 Å². The second kappa shape index (κ2) is 16.1. The summed E-state index contributed by atoms with van der Waals surface area (Å²) in [7, 11) is -14.1. The van der Waals surface area contributed by atoms with Gasteiger partial charge in [-0.3, -0.25) is 9.11 Å². The molecule has 19 nitrogen and oxygen atoms in total. The molecule has 0 saturated carbocycles. The molecule has 0 aliphatic heterocycles. The zero-order valence-electron chi connectivity index (χ0n) is 25.7. The maximum atomic E-state index is 13.0. The number of halogens is 1. The molecule has 0 saturated heterocycles. The normalized spacial score (nSPS) is 11.9. The van der Waals surface area contributed by atoms with Crippen molar-refractivity contribution in [1.82, 2.24) is 24.7 Å². The summed E-state index contributed by atoms with van der Waals surface area (Å²) in [5.41, 5.74) is -0.344. The fraction of sp³-hybridized carbons (Fsp3) is 0.0400. The molecule has 0 radical (unpaired) electrons. The molecule has 0 fully saturated rings. The van der Waals surface area contributed by atoms with Gasteiger partial charge in [0.25, 0.3) is 20.2 Å². The van der Waals surface area contributed by atoms with Crippen LogP contribution in [0, 0.1) is 6.92 Å². The first kappa shape index (κ1) is 41.3. The monoisotopic (exact) mass is 781 g/mol. The quantitative estimate of drug-likeness (QED) is 0.0642. The Kier molecular flexibility index (Phi) is 13.3. The fourth-order valence-electron chi connectivity index (χ4n) is 3.99. The molecule has 0 aliphatic rings. The van der Waals surface area contributed by atoms with E-state index in [2.05, 4.69) is 40.9 Å². The smallest absolute Gasteiger partial charge is 0.857 e. The number of rotatable bonds is 10. The number of aromatic nitrogens is 5. The van der Waals surface area contributed by atoms with Crippen molar-refractivity contribution >= 4 is 76.6 Å². The Morgan fingerprint density at radius 1 is 0.780 bits per heavy atom. The van der Waals surface area contributed by atoms with Crippen LogP contribution in [-0.2, 0) is 30.4 Å². The van der Waals surface area contributed by atoms with Crippen molar-refractivity contribution in [2.24, 2.45) is 10.2 Å². The van der Waals surface area contributed by atoms with Crippen molar-refractivity contribution in [3.05, 3.63) is 77.7 Å². The number of aryl methyl sites for hydroxylation is 1. The van der Waals surface area contributed by atoms with Crippen LogP contribution in [0.4, 0.5) is 34.6 Å². The molecule has 2 aromatic heterocycles. The van der Waals surface area contributed by atoms with Crippen LogP contribution >= 0.6 is 11.6 Å². The topological polar surface area (TPSA) is 294 Å². The average Bonchev–Trinajstić information content (AvgIpc) is 3.27. The summed E-state index contributed by atoms with van der Waals surface area (Å²) in [6, 6.07) is 12.7. The van der Waals surface area contributed by atoms with Crippen LogP contribution in [0.1, 0.15) is 5.69 Å². The minimum absolute atomic E-state index is 0.